The Balaban J connectivity index is 1.40. The zero-order valence-electron chi connectivity index (χ0n) is 24.8. The molecule has 0 spiro atoms. The fraction of sp³-hybridized carbons (Fsp3) is 0.167. The number of hydrogen-bond donors (Lipinski definition) is 1. The van der Waals surface area contributed by atoms with E-state index in [0.29, 0.717) is 11.3 Å². The van der Waals surface area contributed by atoms with Crippen LogP contribution in [0.2, 0.25) is 0 Å². The molecule has 1 atom stereocenters. The van der Waals surface area contributed by atoms with Gasteiger partial charge < -0.3 is 24.1 Å². The van der Waals surface area contributed by atoms with Crippen molar-refractivity contribution in [1.29, 1.82) is 0 Å². The van der Waals surface area contributed by atoms with Gasteiger partial charge in [-0.05, 0) is 89.4 Å². The smallest absolute Gasteiger partial charge is 0.318 e. The summed E-state index contributed by atoms with van der Waals surface area (Å²) < 4.78 is 21.7. The molecule has 220 valence electrons. The number of esters is 1. The molecule has 0 aromatic heterocycles. The molecule has 0 unspecified atom stereocenters. The van der Waals surface area contributed by atoms with Crippen molar-refractivity contribution in [1.82, 2.24) is 0 Å². The van der Waals surface area contributed by atoms with Crippen LogP contribution in [0.15, 0.2) is 96.8 Å². The molecule has 4 aromatic carbocycles. The van der Waals surface area contributed by atoms with Crippen LogP contribution >= 0.6 is 0 Å². The summed E-state index contributed by atoms with van der Waals surface area (Å²) >= 11 is 0. The monoisotopic (exact) mass is 578 g/mol. The lowest BCUT2D eigenvalue weighted by atomic mass is 9.98. The van der Waals surface area contributed by atoms with Gasteiger partial charge in [-0.25, -0.2) is 0 Å². The van der Waals surface area contributed by atoms with Gasteiger partial charge in [0.2, 0.25) is 0 Å². The first-order valence-electron chi connectivity index (χ1n) is 13.6. The predicted molar refractivity (Wildman–Crippen MR) is 169 cm³/mol. The number of benzene rings is 4. The number of hydrogen-bond acceptors (Lipinski definition) is 7. The Morgan fingerprint density at radius 1 is 0.721 bits per heavy atom. The third kappa shape index (κ3) is 7.92. The molecule has 0 heterocycles. The standard InChI is InChI=1S/C36H34O7/c1-23-6-7-25(18-34(23)41-4)8-14-30(37)22-31(38)15-9-26-10-17-33(35(19-26)42-5)43-36(39)24(2)27-11-12-29-21-32(40-3)16-13-28(29)20-27/h6-22,24,37H,1-5H3/b14-8+,15-9+,30-22-/t24-/m0/s1. The first-order valence-corrected chi connectivity index (χ1v) is 13.6. The van der Waals surface area contributed by atoms with E-state index in [1.165, 1.54) is 19.3 Å². The number of allylic oxidation sites excluding steroid dienone is 3. The van der Waals surface area contributed by atoms with Gasteiger partial charge in [0.15, 0.2) is 17.3 Å². The SMILES string of the molecule is COc1ccc2cc([C@H](C)C(=O)Oc3ccc(/C=C/C(=O)/C=C(O)/C=C/c4ccc(C)c(OC)c4)cc3OC)ccc2c1. The number of ether oxygens (including phenoxy) is 4. The molecule has 4 aromatic rings. The molecule has 0 bridgehead atoms. The summed E-state index contributed by atoms with van der Waals surface area (Å²) in [6, 6.07) is 22.2. The third-order valence-electron chi connectivity index (χ3n) is 6.93. The van der Waals surface area contributed by atoms with Gasteiger partial charge in [-0.2, -0.15) is 0 Å². The Morgan fingerprint density at radius 3 is 2.09 bits per heavy atom. The van der Waals surface area contributed by atoms with Crippen molar-refractivity contribution in [2.75, 3.05) is 21.3 Å². The van der Waals surface area contributed by atoms with E-state index in [1.807, 2.05) is 61.5 Å². The zero-order valence-corrected chi connectivity index (χ0v) is 24.8. The summed E-state index contributed by atoms with van der Waals surface area (Å²) in [4.78, 5) is 25.4. The number of methoxy groups -OCH3 is 3. The number of aliphatic hydroxyl groups excluding tert-OH is 1. The highest BCUT2D eigenvalue weighted by atomic mass is 16.6. The van der Waals surface area contributed by atoms with Crippen molar-refractivity contribution < 1.29 is 33.6 Å². The Morgan fingerprint density at radius 2 is 1.37 bits per heavy atom. The fourth-order valence-corrected chi connectivity index (χ4v) is 4.39. The molecule has 0 aliphatic rings. The Kier molecular flexibility index (Phi) is 10.0. The Labute approximate surface area is 251 Å². The molecule has 1 N–H and O–H groups in total. The number of ketones is 1. The number of rotatable bonds is 11. The van der Waals surface area contributed by atoms with E-state index in [4.69, 9.17) is 18.9 Å². The number of aryl methyl sites for hydroxylation is 1. The molecule has 0 aliphatic carbocycles. The molecule has 7 heteroatoms. The number of aliphatic hydroxyl groups is 1. The molecule has 0 saturated heterocycles. The van der Waals surface area contributed by atoms with Crippen molar-refractivity contribution in [3.8, 4) is 23.0 Å². The lowest BCUT2D eigenvalue weighted by molar-refractivity contribution is -0.135. The number of carbonyl (C=O) groups excluding carboxylic acids is 2. The summed E-state index contributed by atoms with van der Waals surface area (Å²) in [6.07, 6.45) is 7.17. The molecule has 4 rings (SSSR count). The molecular formula is C36H34O7. The lowest BCUT2D eigenvalue weighted by Crippen LogP contribution is -2.16. The van der Waals surface area contributed by atoms with Gasteiger partial charge in [-0.1, -0.05) is 54.6 Å². The minimum atomic E-state index is -0.519. The van der Waals surface area contributed by atoms with Crippen molar-refractivity contribution >= 4 is 34.7 Å². The second kappa shape index (κ2) is 14.0. The van der Waals surface area contributed by atoms with Crippen LogP contribution in [-0.4, -0.2) is 38.2 Å². The maximum absolute atomic E-state index is 13.0. The average Bonchev–Trinajstić information content (AvgIpc) is 3.02. The zero-order chi connectivity index (χ0) is 30.9. The van der Waals surface area contributed by atoms with Crippen LogP contribution in [-0.2, 0) is 9.59 Å². The molecule has 43 heavy (non-hydrogen) atoms. The summed E-state index contributed by atoms with van der Waals surface area (Å²) in [5.74, 6) is 0.582. The van der Waals surface area contributed by atoms with E-state index >= 15 is 0 Å². The van der Waals surface area contributed by atoms with Crippen molar-refractivity contribution in [3.05, 3.63) is 119 Å². The summed E-state index contributed by atoms with van der Waals surface area (Å²) in [7, 11) is 4.70. The van der Waals surface area contributed by atoms with Crippen molar-refractivity contribution in [2.24, 2.45) is 0 Å². The highest BCUT2D eigenvalue weighted by molar-refractivity contribution is 6.02. The van der Waals surface area contributed by atoms with Crippen LogP contribution in [0.5, 0.6) is 23.0 Å². The van der Waals surface area contributed by atoms with Gasteiger partial charge in [-0.15, -0.1) is 0 Å². The average molecular weight is 579 g/mol. The second-order valence-electron chi connectivity index (χ2n) is 9.89. The van der Waals surface area contributed by atoms with Crippen LogP contribution in [0.4, 0.5) is 0 Å². The molecule has 0 fully saturated rings. The second-order valence-corrected chi connectivity index (χ2v) is 9.89. The van der Waals surface area contributed by atoms with Crippen molar-refractivity contribution in [3.63, 3.8) is 0 Å². The van der Waals surface area contributed by atoms with E-state index in [9.17, 15) is 14.7 Å². The van der Waals surface area contributed by atoms with Crippen LogP contribution in [0.3, 0.4) is 0 Å². The number of fused-ring (bicyclic) bond motifs is 1. The highest BCUT2D eigenvalue weighted by Crippen LogP contribution is 2.31. The molecule has 7 nitrogen and oxygen atoms in total. The third-order valence-corrected chi connectivity index (χ3v) is 6.93. The minimum absolute atomic E-state index is 0.186. The Hall–Kier alpha value is -5.30. The van der Waals surface area contributed by atoms with Crippen LogP contribution in [0.1, 0.15) is 35.1 Å². The minimum Gasteiger partial charge on any atom is -0.508 e. The van der Waals surface area contributed by atoms with Gasteiger partial charge in [0.1, 0.15) is 17.3 Å². The first kappa shape index (κ1) is 30.7. The van der Waals surface area contributed by atoms with E-state index < -0.39 is 17.7 Å². The molecule has 0 amide bonds. The van der Waals surface area contributed by atoms with Crippen molar-refractivity contribution in [2.45, 2.75) is 19.8 Å². The van der Waals surface area contributed by atoms with E-state index in [-0.39, 0.29) is 11.5 Å². The first-order chi connectivity index (χ1) is 20.7. The normalized spacial score (nSPS) is 12.4. The van der Waals surface area contributed by atoms with E-state index in [0.717, 1.165) is 45.0 Å². The maximum Gasteiger partial charge on any atom is 0.318 e. The lowest BCUT2D eigenvalue weighted by Gasteiger charge is -2.15. The summed E-state index contributed by atoms with van der Waals surface area (Å²) in [5, 5.41) is 12.2. The van der Waals surface area contributed by atoms with Crippen LogP contribution < -0.4 is 18.9 Å². The van der Waals surface area contributed by atoms with Gasteiger partial charge in [0.05, 0.1) is 27.2 Å². The molecular weight excluding hydrogens is 544 g/mol. The van der Waals surface area contributed by atoms with E-state index in [2.05, 4.69) is 0 Å². The highest BCUT2D eigenvalue weighted by Gasteiger charge is 2.20. The summed E-state index contributed by atoms with van der Waals surface area (Å²) in [6.45, 7) is 3.73. The Bertz CT molecular complexity index is 1730. The van der Waals surface area contributed by atoms with Crippen LogP contribution in [0, 0.1) is 6.92 Å². The quantitative estimate of drug-likeness (QED) is 0.0644. The molecule has 0 saturated carbocycles. The largest absolute Gasteiger partial charge is 0.508 e. The van der Waals surface area contributed by atoms with Gasteiger partial charge >= 0.3 is 5.97 Å². The van der Waals surface area contributed by atoms with Gasteiger partial charge in [0.25, 0.3) is 0 Å². The fourth-order valence-electron chi connectivity index (χ4n) is 4.39. The molecule has 0 radical (unpaired) electrons. The van der Waals surface area contributed by atoms with E-state index in [1.54, 1.807) is 51.5 Å². The summed E-state index contributed by atoms with van der Waals surface area (Å²) in [5.41, 5.74) is 3.30. The molecule has 0 aliphatic heterocycles. The van der Waals surface area contributed by atoms with Crippen LogP contribution in [0.25, 0.3) is 22.9 Å². The topological polar surface area (TPSA) is 91.3 Å². The maximum atomic E-state index is 13.0. The van der Waals surface area contributed by atoms with Gasteiger partial charge in [-0.3, -0.25) is 9.59 Å². The number of carbonyl (C=O) groups is 2. The van der Waals surface area contributed by atoms with Gasteiger partial charge in [0, 0.05) is 6.08 Å². The predicted octanol–water partition coefficient (Wildman–Crippen LogP) is 7.62.